The number of carbonyl (C=O) groups excluding carboxylic acids is 1. The van der Waals surface area contributed by atoms with Gasteiger partial charge in [-0.25, -0.2) is 0 Å². The van der Waals surface area contributed by atoms with E-state index in [1.165, 1.54) is 6.42 Å². The number of halogens is 1. The second kappa shape index (κ2) is 6.76. The first-order valence-corrected chi connectivity index (χ1v) is 6.25. The van der Waals surface area contributed by atoms with E-state index in [2.05, 4.69) is 16.7 Å². The SMILES string of the molecule is Cc1cc(C)cc(C(=O)NCC2CCCN2)c1.Cl. The molecule has 1 saturated heterocycles. The maximum absolute atomic E-state index is 12.0. The van der Waals surface area contributed by atoms with Crippen molar-refractivity contribution in [1.82, 2.24) is 10.6 Å². The van der Waals surface area contributed by atoms with Crippen LogP contribution in [0.15, 0.2) is 18.2 Å². The summed E-state index contributed by atoms with van der Waals surface area (Å²) >= 11 is 0. The first-order chi connectivity index (χ1) is 8.15. The number of amides is 1. The monoisotopic (exact) mass is 268 g/mol. The van der Waals surface area contributed by atoms with Crippen LogP contribution in [-0.2, 0) is 0 Å². The van der Waals surface area contributed by atoms with Gasteiger partial charge in [-0.05, 0) is 45.4 Å². The quantitative estimate of drug-likeness (QED) is 0.883. The highest BCUT2D eigenvalue weighted by Crippen LogP contribution is 2.09. The largest absolute Gasteiger partial charge is 0.350 e. The minimum atomic E-state index is 0. The van der Waals surface area contributed by atoms with E-state index in [-0.39, 0.29) is 18.3 Å². The molecule has 0 aromatic heterocycles. The predicted molar refractivity (Wildman–Crippen MR) is 76.5 cm³/mol. The number of hydrogen-bond donors (Lipinski definition) is 2. The van der Waals surface area contributed by atoms with Gasteiger partial charge >= 0.3 is 0 Å². The molecular weight excluding hydrogens is 248 g/mol. The molecule has 1 unspecified atom stereocenters. The van der Waals surface area contributed by atoms with E-state index in [1.807, 2.05) is 26.0 Å². The number of aryl methyl sites for hydroxylation is 2. The van der Waals surface area contributed by atoms with E-state index in [0.717, 1.165) is 36.2 Å². The molecule has 2 N–H and O–H groups in total. The van der Waals surface area contributed by atoms with Crippen LogP contribution in [-0.4, -0.2) is 25.0 Å². The van der Waals surface area contributed by atoms with Gasteiger partial charge in [0.15, 0.2) is 0 Å². The predicted octanol–water partition coefficient (Wildman–Crippen LogP) is 2.21. The summed E-state index contributed by atoms with van der Waals surface area (Å²) in [5, 5.41) is 6.37. The number of benzene rings is 1. The zero-order valence-corrected chi connectivity index (χ0v) is 11.8. The summed E-state index contributed by atoms with van der Waals surface area (Å²) in [6.07, 6.45) is 2.37. The molecule has 18 heavy (non-hydrogen) atoms. The van der Waals surface area contributed by atoms with Crippen molar-refractivity contribution < 1.29 is 4.79 Å². The first-order valence-electron chi connectivity index (χ1n) is 6.25. The van der Waals surface area contributed by atoms with E-state index >= 15 is 0 Å². The van der Waals surface area contributed by atoms with Crippen LogP contribution in [0.25, 0.3) is 0 Å². The molecular formula is C14H21ClN2O. The van der Waals surface area contributed by atoms with Gasteiger partial charge in [0.05, 0.1) is 0 Å². The molecule has 4 heteroatoms. The molecule has 1 aromatic carbocycles. The van der Waals surface area contributed by atoms with Crippen LogP contribution in [0.5, 0.6) is 0 Å². The van der Waals surface area contributed by atoms with Gasteiger partial charge in [0.2, 0.25) is 0 Å². The second-order valence-electron chi connectivity index (χ2n) is 4.88. The smallest absolute Gasteiger partial charge is 0.251 e. The fourth-order valence-corrected chi connectivity index (χ4v) is 2.35. The van der Waals surface area contributed by atoms with Gasteiger partial charge < -0.3 is 10.6 Å². The molecule has 0 spiro atoms. The molecule has 1 aromatic rings. The Morgan fingerprint density at radius 1 is 1.33 bits per heavy atom. The third-order valence-corrected chi connectivity index (χ3v) is 3.16. The van der Waals surface area contributed by atoms with Crippen LogP contribution >= 0.6 is 12.4 Å². The molecule has 1 atom stereocenters. The van der Waals surface area contributed by atoms with Crippen LogP contribution in [0.4, 0.5) is 0 Å². The van der Waals surface area contributed by atoms with Gasteiger partial charge in [-0.2, -0.15) is 0 Å². The molecule has 0 aliphatic carbocycles. The van der Waals surface area contributed by atoms with Crippen molar-refractivity contribution in [3.63, 3.8) is 0 Å². The van der Waals surface area contributed by atoms with Gasteiger partial charge in [-0.1, -0.05) is 17.2 Å². The molecule has 1 fully saturated rings. The standard InChI is InChI=1S/C14H20N2O.ClH/c1-10-6-11(2)8-12(7-10)14(17)16-9-13-4-3-5-15-13;/h6-8,13,15H,3-5,9H2,1-2H3,(H,16,17);1H. The lowest BCUT2D eigenvalue weighted by Gasteiger charge is -2.12. The van der Waals surface area contributed by atoms with Crippen molar-refractivity contribution >= 4 is 18.3 Å². The zero-order chi connectivity index (χ0) is 12.3. The lowest BCUT2D eigenvalue weighted by atomic mass is 10.1. The average Bonchev–Trinajstić information content (AvgIpc) is 2.77. The lowest BCUT2D eigenvalue weighted by Crippen LogP contribution is -2.37. The number of rotatable bonds is 3. The van der Waals surface area contributed by atoms with Crippen molar-refractivity contribution in [1.29, 1.82) is 0 Å². The highest BCUT2D eigenvalue weighted by atomic mass is 35.5. The summed E-state index contributed by atoms with van der Waals surface area (Å²) in [5.41, 5.74) is 3.03. The van der Waals surface area contributed by atoms with E-state index in [0.29, 0.717) is 6.04 Å². The first kappa shape index (κ1) is 15.0. The van der Waals surface area contributed by atoms with Crippen LogP contribution in [0.3, 0.4) is 0 Å². The summed E-state index contributed by atoms with van der Waals surface area (Å²) in [7, 11) is 0. The van der Waals surface area contributed by atoms with E-state index in [9.17, 15) is 4.79 Å². The maximum Gasteiger partial charge on any atom is 0.251 e. The number of carbonyl (C=O) groups is 1. The second-order valence-corrected chi connectivity index (χ2v) is 4.88. The molecule has 1 aliphatic heterocycles. The summed E-state index contributed by atoms with van der Waals surface area (Å²) in [4.78, 5) is 12.0. The van der Waals surface area contributed by atoms with Crippen molar-refractivity contribution in [2.45, 2.75) is 32.7 Å². The Labute approximate surface area is 115 Å². The molecule has 1 heterocycles. The van der Waals surface area contributed by atoms with Crippen LogP contribution < -0.4 is 10.6 Å². The molecule has 3 nitrogen and oxygen atoms in total. The number of hydrogen-bond acceptors (Lipinski definition) is 2. The fourth-order valence-electron chi connectivity index (χ4n) is 2.35. The van der Waals surface area contributed by atoms with Gasteiger partial charge in [0.25, 0.3) is 5.91 Å². The molecule has 1 amide bonds. The zero-order valence-electron chi connectivity index (χ0n) is 11.0. The van der Waals surface area contributed by atoms with Crippen molar-refractivity contribution in [2.24, 2.45) is 0 Å². The van der Waals surface area contributed by atoms with Gasteiger partial charge in [0, 0.05) is 18.2 Å². The molecule has 0 bridgehead atoms. The average molecular weight is 269 g/mol. The van der Waals surface area contributed by atoms with Crippen LogP contribution in [0, 0.1) is 13.8 Å². The summed E-state index contributed by atoms with van der Waals surface area (Å²) in [6, 6.07) is 6.40. The molecule has 100 valence electrons. The summed E-state index contributed by atoms with van der Waals surface area (Å²) in [5.74, 6) is 0.0329. The van der Waals surface area contributed by atoms with Crippen molar-refractivity contribution in [3.8, 4) is 0 Å². The van der Waals surface area contributed by atoms with E-state index in [4.69, 9.17) is 0 Å². The summed E-state index contributed by atoms with van der Waals surface area (Å²) in [6.45, 7) is 5.83. The van der Waals surface area contributed by atoms with Gasteiger partial charge in [0.1, 0.15) is 0 Å². The Morgan fingerprint density at radius 2 is 2.00 bits per heavy atom. The minimum absolute atomic E-state index is 0. The Balaban J connectivity index is 0.00000162. The van der Waals surface area contributed by atoms with Gasteiger partial charge in [-0.3, -0.25) is 4.79 Å². The molecule has 1 aliphatic rings. The van der Waals surface area contributed by atoms with E-state index in [1.54, 1.807) is 0 Å². The Kier molecular flexibility index (Phi) is 5.63. The minimum Gasteiger partial charge on any atom is -0.350 e. The third kappa shape index (κ3) is 4.00. The number of nitrogens with one attached hydrogen (secondary N) is 2. The molecule has 2 rings (SSSR count). The maximum atomic E-state index is 12.0. The van der Waals surface area contributed by atoms with Crippen molar-refractivity contribution in [3.05, 3.63) is 34.9 Å². The normalized spacial score (nSPS) is 18.2. The Morgan fingerprint density at radius 3 is 2.56 bits per heavy atom. The van der Waals surface area contributed by atoms with Crippen molar-refractivity contribution in [2.75, 3.05) is 13.1 Å². The van der Waals surface area contributed by atoms with Gasteiger partial charge in [-0.15, -0.1) is 12.4 Å². The highest BCUT2D eigenvalue weighted by molar-refractivity contribution is 5.94. The third-order valence-electron chi connectivity index (χ3n) is 3.16. The van der Waals surface area contributed by atoms with E-state index < -0.39 is 0 Å². The highest BCUT2D eigenvalue weighted by Gasteiger charge is 2.15. The Bertz CT molecular complexity index is 394. The molecule has 0 saturated carbocycles. The lowest BCUT2D eigenvalue weighted by molar-refractivity contribution is 0.0950. The van der Waals surface area contributed by atoms with Crippen LogP contribution in [0.2, 0.25) is 0 Å². The molecule has 0 radical (unpaired) electrons. The summed E-state index contributed by atoms with van der Waals surface area (Å²) < 4.78 is 0. The fraction of sp³-hybridized carbons (Fsp3) is 0.500. The van der Waals surface area contributed by atoms with Crippen LogP contribution in [0.1, 0.15) is 34.3 Å². The topological polar surface area (TPSA) is 41.1 Å². The Hall–Kier alpha value is -1.06.